The minimum atomic E-state index is -0.393. The van der Waals surface area contributed by atoms with E-state index in [4.69, 9.17) is 0 Å². The van der Waals surface area contributed by atoms with Crippen LogP contribution >= 0.6 is 0 Å². The first kappa shape index (κ1) is 33.9. The molecule has 0 aromatic rings. The Kier molecular flexibility index (Phi) is 27.4. The van der Waals surface area contributed by atoms with Crippen LogP contribution in [0.1, 0.15) is 116 Å². The topological polar surface area (TPSA) is 46.5 Å². The zero-order valence-corrected chi connectivity index (χ0v) is 23.3. The van der Waals surface area contributed by atoms with Gasteiger partial charge in [-0.3, -0.25) is 4.79 Å². The summed E-state index contributed by atoms with van der Waals surface area (Å²) in [6.45, 7) is 2.09. The van der Waals surface area contributed by atoms with Crippen molar-refractivity contribution in [2.45, 2.75) is 122 Å². The number of carbonyl (C=O) groups excluding carboxylic acids is 1. The van der Waals surface area contributed by atoms with Gasteiger partial charge in [0.2, 0.25) is 0 Å². The second-order valence-electron chi connectivity index (χ2n) is 9.27. The Balaban J connectivity index is 3.44. The minimum Gasteiger partial charge on any atom is -0.469 e. The van der Waals surface area contributed by atoms with E-state index in [1.54, 1.807) is 0 Å². The van der Waals surface area contributed by atoms with Crippen LogP contribution in [-0.4, -0.2) is 24.3 Å². The molecule has 0 heterocycles. The summed E-state index contributed by atoms with van der Waals surface area (Å²) in [4.78, 5) is 11.0. The maximum Gasteiger partial charge on any atom is 0.305 e. The minimum absolute atomic E-state index is 0.0804. The number of esters is 1. The molecule has 0 fully saturated rings. The van der Waals surface area contributed by atoms with Gasteiger partial charge in [-0.05, 0) is 51.4 Å². The molecule has 0 saturated heterocycles. The molecule has 3 nitrogen and oxygen atoms in total. The maximum atomic E-state index is 11.0. The molecule has 0 unspecified atom stereocenters. The first-order valence-electron chi connectivity index (χ1n) is 14.4. The van der Waals surface area contributed by atoms with Crippen LogP contribution in [0, 0.1) is 0 Å². The standard InChI is InChI=1S/C33H54O3/c1-3-4-26-29-32(34)30-27-24-22-20-18-16-14-12-10-8-6-5-7-9-11-13-15-17-19-21-23-25-28-31-33(35)36-2/h4-6,10,12,16,18,22,24,26-27,30,32,34H,3,7-9,11,13-15,17,19-21,23,25,28-29,31H2,1-2H3/b6-5-,12-10-,18-16-,24-22-,26-4-,30-27+/t32-/m0/s1. The number of carbonyl (C=O) groups is 1. The SMILES string of the molecule is CC/C=C\C[C@H](O)/C=C/C=C\C/C=C\C/C=C\C/C=C\CCCCCCCCCCCCC(=O)OC. The number of hydrogen-bond acceptors (Lipinski definition) is 3. The van der Waals surface area contributed by atoms with Gasteiger partial charge in [0.15, 0.2) is 0 Å². The molecule has 0 radical (unpaired) electrons. The van der Waals surface area contributed by atoms with Crippen molar-refractivity contribution in [3.8, 4) is 0 Å². The lowest BCUT2D eigenvalue weighted by molar-refractivity contribution is -0.140. The van der Waals surface area contributed by atoms with Gasteiger partial charge in [-0.25, -0.2) is 0 Å². The van der Waals surface area contributed by atoms with Crippen molar-refractivity contribution in [2.24, 2.45) is 0 Å². The van der Waals surface area contributed by atoms with Crippen molar-refractivity contribution in [1.82, 2.24) is 0 Å². The quantitative estimate of drug-likeness (QED) is 0.0623. The number of allylic oxidation sites excluding steroid dienone is 10. The molecule has 0 amide bonds. The molecule has 0 spiro atoms. The van der Waals surface area contributed by atoms with Crippen LogP contribution in [0.25, 0.3) is 0 Å². The number of ether oxygens (including phenoxy) is 1. The van der Waals surface area contributed by atoms with E-state index in [1.807, 2.05) is 24.3 Å². The van der Waals surface area contributed by atoms with Gasteiger partial charge in [-0.1, -0.05) is 131 Å². The fraction of sp³-hybridized carbons (Fsp3) is 0.606. The van der Waals surface area contributed by atoms with E-state index in [9.17, 15) is 9.90 Å². The molecular weight excluding hydrogens is 444 g/mol. The lowest BCUT2D eigenvalue weighted by atomic mass is 10.1. The summed E-state index contributed by atoms with van der Waals surface area (Å²) in [6, 6.07) is 0. The molecule has 204 valence electrons. The Hall–Kier alpha value is -2.13. The maximum absolute atomic E-state index is 11.0. The van der Waals surface area contributed by atoms with Gasteiger partial charge >= 0.3 is 5.97 Å². The Morgan fingerprint density at radius 3 is 1.78 bits per heavy atom. The molecule has 0 rings (SSSR count). The van der Waals surface area contributed by atoms with Gasteiger partial charge in [-0.15, -0.1) is 0 Å². The molecule has 36 heavy (non-hydrogen) atoms. The third-order valence-electron chi connectivity index (χ3n) is 5.91. The number of aliphatic hydroxyl groups excluding tert-OH is 1. The highest BCUT2D eigenvalue weighted by atomic mass is 16.5. The lowest BCUT2D eigenvalue weighted by Gasteiger charge is -2.02. The average Bonchev–Trinajstić information content (AvgIpc) is 2.88. The summed E-state index contributed by atoms with van der Waals surface area (Å²) >= 11 is 0. The molecular formula is C33H54O3. The van der Waals surface area contributed by atoms with E-state index in [0.29, 0.717) is 12.8 Å². The predicted octanol–water partition coefficient (Wildman–Crippen LogP) is 9.51. The third-order valence-corrected chi connectivity index (χ3v) is 5.91. The normalized spacial score (nSPS) is 13.5. The van der Waals surface area contributed by atoms with Crippen molar-refractivity contribution in [1.29, 1.82) is 0 Å². The molecule has 3 heteroatoms. The van der Waals surface area contributed by atoms with Gasteiger partial charge in [0, 0.05) is 6.42 Å². The predicted molar refractivity (Wildman–Crippen MR) is 157 cm³/mol. The molecule has 0 saturated carbocycles. The van der Waals surface area contributed by atoms with Crippen molar-refractivity contribution < 1.29 is 14.6 Å². The van der Waals surface area contributed by atoms with Crippen LogP contribution in [0.5, 0.6) is 0 Å². The summed E-state index contributed by atoms with van der Waals surface area (Å²) in [6.07, 6.45) is 44.1. The summed E-state index contributed by atoms with van der Waals surface area (Å²) in [5.41, 5.74) is 0. The van der Waals surface area contributed by atoms with E-state index in [2.05, 4.69) is 60.3 Å². The van der Waals surface area contributed by atoms with Gasteiger partial charge < -0.3 is 9.84 Å². The molecule has 0 aromatic carbocycles. The van der Waals surface area contributed by atoms with Crippen LogP contribution in [0.2, 0.25) is 0 Å². The van der Waals surface area contributed by atoms with Gasteiger partial charge in [0.05, 0.1) is 13.2 Å². The summed E-state index contributed by atoms with van der Waals surface area (Å²) in [5, 5.41) is 9.76. The lowest BCUT2D eigenvalue weighted by Crippen LogP contribution is -1.99. The second kappa shape index (κ2) is 29.1. The van der Waals surface area contributed by atoms with Crippen molar-refractivity contribution in [3.63, 3.8) is 0 Å². The van der Waals surface area contributed by atoms with Crippen molar-refractivity contribution in [2.75, 3.05) is 7.11 Å². The summed E-state index contributed by atoms with van der Waals surface area (Å²) < 4.78 is 4.66. The van der Waals surface area contributed by atoms with Crippen LogP contribution in [-0.2, 0) is 9.53 Å². The van der Waals surface area contributed by atoms with E-state index < -0.39 is 6.10 Å². The van der Waals surface area contributed by atoms with Gasteiger partial charge in [0.1, 0.15) is 0 Å². The van der Waals surface area contributed by atoms with E-state index in [-0.39, 0.29) is 5.97 Å². The molecule has 1 N–H and O–H groups in total. The average molecular weight is 499 g/mol. The van der Waals surface area contributed by atoms with E-state index >= 15 is 0 Å². The Bertz CT molecular complexity index is 652. The number of methoxy groups -OCH3 is 1. The third kappa shape index (κ3) is 28.1. The highest BCUT2D eigenvalue weighted by molar-refractivity contribution is 5.68. The van der Waals surface area contributed by atoms with Crippen LogP contribution < -0.4 is 0 Å². The zero-order valence-electron chi connectivity index (χ0n) is 23.3. The highest BCUT2D eigenvalue weighted by Gasteiger charge is 1.99. The smallest absolute Gasteiger partial charge is 0.305 e. The summed E-state index contributed by atoms with van der Waals surface area (Å²) in [7, 11) is 1.46. The first-order chi connectivity index (χ1) is 17.7. The number of rotatable bonds is 24. The molecule has 0 aromatic heterocycles. The summed E-state index contributed by atoms with van der Waals surface area (Å²) in [5.74, 6) is -0.0804. The Morgan fingerprint density at radius 2 is 1.19 bits per heavy atom. The molecule has 0 aliphatic heterocycles. The highest BCUT2D eigenvalue weighted by Crippen LogP contribution is 2.12. The van der Waals surface area contributed by atoms with Gasteiger partial charge in [-0.2, -0.15) is 0 Å². The second-order valence-corrected chi connectivity index (χ2v) is 9.27. The molecule has 0 bridgehead atoms. The Morgan fingerprint density at radius 1 is 0.667 bits per heavy atom. The number of aliphatic hydroxyl groups is 1. The zero-order chi connectivity index (χ0) is 26.4. The Labute approximate surface area is 222 Å². The fourth-order valence-electron chi connectivity index (χ4n) is 3.71. The number of hydrogen-bond donors (Lipinski definition) is 1. The van der Waals surface area contributed by atoms with Crippen molar-refractivity contribution >= 4 is 5.97 Å². The molecule has 0 aliphatic carbocycles. The van der Waals surface area contributed by atoms with E-state index in [1.165, 1.54) is 64.9 Å². The molecule has 0 aliphatic rings. The monoisotopic (exact) mass is 498 g/mol. The van der Waals surface area contributed by atoms with Gasteiger partial charge in [0.25, 0.3) is 0 Å². The largest absolute Gasteiger partial charge is 0.469 e. The van der Waals surface area contributed by atoms with Crippen LogP contribution in [0.15, 0.2) is 72.9 Å². The molecule has 1 atom stereocenters. The first-order valence-corrected chi connectivity index (χ1v) is 14.4. The van der Waals surface area contributed by atoms with Crippen LogP contribution in [0.3, 0.4) is 0 Å². The van der Waals surface area contributed by atoms with Crippen molar-refractivity contribution in [3.05, 3.63) is 72.9 Å². The fourth-order valence-corrected chi connectivity index (χ4v) is 3.71. The van der Waals surface area contributed by atoms with E-state index in [0.717, 1.165) is 38.5 Å². The number of unbranched alkanes of at least 4 members (excludes halogenated alkanes) is 10. The van der Waals surface area contributed by atoms with Crippen LogP contribution in [0.4, 0.5) is 0 Å².